The second-order valence-corrected chi connectivity index (χ2v) is 5.15. The largest absolute Gasteiger partial charge is 0.389 e. The highest BCUT2D eigenvalue weighted by atomic mass is 32.2. The molecule has 7 nitrogen and oxygen atoms in total. The maximum atomic E-state index is 10.8. The number of nitrogens with zero attached hydrogens (tertiary/aromatic N) is 2. The Hall–Kier alpha value is -1.95. The molecule has 0 radical (unpaired) electrons. The van der Waals surface area contributed by atoms with Crippen molar-refractivity contribution in [3.8, 4) is 6.07 Å². The van der Waals surface area contributed by atoms with E-state index in [-0.39, 0.29) is 27.7 Å². The predicted molar refractivity (Wildman–Crippen MR) is 71.9 cm³/mol. The number of aliphatic hydroxyl groups is 2. The van der Waals surface area contributed by atoms with Crippen LogP contribution in [0.4, 0.5) is 5.69 Å². The smallest absolute Gasteiger partial charge is 0.270 e. The second kappa shape index (κ2) is 7.00. The first-order valence-corrected chi connectivity index (χ1v) is 6.53. The van der Waals surface area contributed by atoms with Crippen molar-refractivity contribution < 1.29 is 19.9 Å². The fourth-order valence-electron chi connectivity index (χ4n) is 1.51. The summed E-state index contributed by atoms with van der Waals surface area (Å²) < 4.78 is 0. The van der Waals surface area contributed by atoms with Crippen LogP contribution < -0.4 is 0 Å². The third-order valence-corrected chi connectivity index (χ3v) is 3.42. The fraction of sp³-hybridized carbons (Fsp3) is 0.333. The number of rotatable bonds is 5. The molecule has 106 valence electrons. The predicted octanol–water partition coefficient (Wildman–Crippen LogP) is 1.14. The molecular formula is C12H12N2O5S. The molecule has 0 aliphatic heterocycles. The first-order valence-electron chi connectivity index (χ1n) is 5.54. The van der Waals surface area contributed by atoms with E-state index in [1.54, 1.807) is 6.07 Å². The number of hydrogen-bond donors (Lipinski definition) is 2. The molecular weight excluding hydrogens is 284 g/mol. The molecule has 2 N–H and O–H groups in total. The van der Waals surface area contributed by atoms with Crippen LogP contribution in [0.25, 0.3) is 0 Å². The van der Waals surface area contributed by atoms with E-state index in [0.29, 0.717) is 0 Å². The van der Waals surface area contributed by atoms with Gasteiger partial charge in [0.1, 0.15) is 6.10 Å². The van der Waals surface area contributed by atoms with Crippen LogP contribution in [0.1, 0.15) is 24.2 Å². The summed E-state index contributed by atoms with van der Waals surface area (Å²) in [6.45, 7) is 1.33. The van der Waals surface area contributed by atoms with Crippen LogP contribution in [0.5, 0.6) is 0 Å². The van der Waals surface area contributed by atoms with Gasteiger partial charge in [-0.05, 0) is 6.07 Å². The number of carbonyl (C=O) groups is 1. The zero-order valence-corrected chi connectivity index (χ0v) is 11.3. The van der Waals surface area contributed by atoms with Crippen molar-refractivity contribution in [2.24, 2.45) is 0 Å². The number of nitriles is 1. The number of aliphatic hydroxyl groups excluding tert-OH is 2. The highest BCUT2D eigenvalue weighted by Gasteiger charge is 2.23. The summed E-state index contributed by atoms with van der Waals surface area (Å²) in [4.78, 5) is 20.7. The van der Waals surface area contributed by atoms with Crippen LogP contribution in [-0.2, 0) is 4.79 Å². The third-order valence-electron chi connectivity index (χ3n) is 2.51. The van der Waals surface area contributed by atoms with Gasteiger partial charge < -0.3 is 10.2 Å². The molecule has 1 rings (SSSR count). The van der Waals surface area contributed by atoms with Gasteiger partial charge in [0.2, 0.25) is 0 Å². The Balaban J connectivity index is 2.98. The average Bonchev–Trinajstić information content (AvgIpc) is 2.42. The van der Waals surface area contributed by atoms with Crippen LogP contribution in [0.2, 0.25) is 0 Å². The molecule has 0 aliphatic carbocycles. The molecule has 1 aromatic carbocycles. The third kappa shape index (κ3) is 4.03. The van der Waals surface area contributed by atoms with Gasteiger partial charge in [-0.15, -0.1) is 0 Å². The minimum absolute atomic E-state index is 0.0294. The van der Waals surface area contributed by atoms with E-state index in [2.05, 4.69) is 0 Å². The molecule has 0 aromatic heterocycles. The number of thioether (sulfide) groups is 1. The Morgan fingerprint density at radius 1 is 1.55 bits per heavy atom. The Labute approximate surface area is 119 Å². The zero-order chi connectivity index (χ0) is 15.3. The molecule has 1 aromatic rings. The van der Waals surface area contributed by atoms with Gasteiger partial charge in [-0.25, -0.2) is 0 Å². The van der Waals surface area contributed by atoms with Gasteiger partial charge in [0, 0.05) is 30.4 Å². The van der Waals surface area contributed by atoms with E-state index in [9.17, 15) is 25.1 Å². The number of benzene rings is 1. The van der Waals surface area contributed by atoms with Crippen LogP contribution in [0.15, 0.2) is 18.2 Å². The molecule has 2 atom stereocenters. The van der Waals surface area contributed by atoms with Gasteiger partial charge in [0.25, 0.3) is 5.69 Å². The van der Waals surface area contributed by atoms with Gasteiger partial charge in [0.15, 0.2) is 5.12 Å². The fourth-order valence-corrected chi connectivity index (χ4v) is 2.10. The SMILES string of the molecule is CC(=O)SCC(O)C(O)c1ccc([N+](=O)[O-])cc1C#N. The molecule has 8 heteroatoms. The van der Waals surface area contributed by atoms with Crippen molar-refractivity contribution in [1.82, 2.24) is 0 Å². The molecule has 0 saturated carbocycles. The molecule has 0 heterocycles. The summed E-state index contributed by atoms with van der Waals surface area (Å²) >= 11 is 0.844. The van der Waals surface area contributed by atoms with Gasteiger partial charge in [-0.1, -0.05) is 11.8 Å². The lowest BCUT2D eigenvalue weighted by Crippen LogP contribution is -2.22. The van der Waals surface area contributed by atoms with Crippen molar-refractivity contribution in [2.75, 3.05) is 5.75 Å². The average molecular weight is 296 g/mol. The highest BCUT2D eigenvalue weighted by Crippen LogP contribution is 2.26. The quantitative estimate of drug-likeness (QED) is 0.616. The molecule has 0 spiro atoms. The van der Waals surface area contributed by atoms with Crippen molar-refractivity contribution >= 4 is 22.6 Å². The zero-order valence-electron chi connectivity index (χ0n) is 10.5. The maximum Gasteiger partial charge on any atom is 0.270 e. The number of nitro groups is 1. The highest BCUT2D eigenvalue weighted by molar-refractivity contribution is 8.13. The molecule has 0 fully saturated rings. The van der Waals surface area contributed by atoms with E-state index in [1.807, 2.05) is 0 Å². The first kappa shape index (κ1) is 16.1. The van der Waals surface area contributed by atoms with Gasteiger partial charge >= 0.3 is 0 Å². The van der Waals surface area contributed by atoms with E-state index in [1.165, 1.54) is 13.0 Å². The lowest BCUT2D eigenvalue weighted by atomic mass is 9.99. The van der Waals surface area contributed by atoms with Crippen molar-refractivity contribution in [1.29, 1.82) is 5.26 Å². The van der Waals surface area contributed by atoms with Crippen molar-refractivity contribution in [2.45, 2.75) is 19.1 Å². The minimum Gasteiger partial charge on any atom is -0.389 e. The summed E-state index contributed by atoms with van der Waals surface area (Å²) in [6, 6.07) is 5.14. The number of nitro benzene ring substituents is 1. The number of hydrogen-bond acceptors (Lipinski definition) is 7. The lowest BCUT2D eigenvalue weighted by Gasteiger charge is -2.18. The summed E-state index contributed by atoms with van der Waals surface area (Å²) in [5.41, 5.74) is -0.265. The van der Waals surface area contributed by atoms with E-state index >= 15 is 0 Å². The minimum atomic E-state index is -1.39. The maximum absolute atomic E-state index is 10.8. The van der Waals surface area contributed by atoms with Crippen molar-refractivity contribution in [3.05, 3.63) is 39.4 Å². The Kier molecular flexibility index (Phi) is 5.64. The van der Waals surface area contributed by atoms with Gasteiger partial charge in [0.05, 0.1) is 22.7 Å². The van der Waals surface area contributed by atoms with Gasteiger partial charge in [-0.2, -0.15) is 5.26 Å². The van der Waals surface area contributed by atoms with Gasteiger partial charge in [-0.3, -0.25) is 14.9 Å². The molecule has 0 bridgehead atoms. The Morgan fingerprint density at radius 3 is 2.70 bits per heavy atom. The van der Waals surface area contributed by atoms with Crippen molar-refractivity contribution in [3.63, 3.8) is 0 Å². The monoisotopic (exact) mass is 296 g/mol. The lowest BCUT2D eigenvalue weighted by molar-refractivity contribution is -0.384. The summed E-state index contributed by atoms with van der Waals surface area (Å²) in [7, 11) is 0. The molecule has 0 saturated heterocycles. The summed E-state index contributed by atoms with van der Waals surface area (Å²) in [5, 5.41) is 39.0. The van der Waals surface area contributed by atoms with Crippen LogP contribution >= 0.6 is 11.8 Å². The Morgan fingerprint density at radius 2 is 2.20 bits per heavy atom. The molecule has 20 heavy (non-hydrogen) atoms. The second-order valence-electron chi connectivity index (χ2n) is 3.96. The van der Waals surface area contributed by atoms with E-state index in [4.69, 9.17) is 5.26 Å². The molecule has 0 amide bonds. The molecule has 0 aliphatic rings. The standard InChI is InChI=1S/C12H12N2O5S/c1-7(15)20-6-11(16)12(17)10-3-2-9(14(18)19)4-8(10)5-13/h2-4,11-12,16-17H,6H2,1H3. The Bertz CT molecular complexity index is 569. The first-order chi connectivity index (χ1) is 9.36. The summed E-state index contributed by atoms with van der Waals surface area (Å²) in [5.74, 6) is -0.0294. The topological polar surface area (TPSA) is 124 Å². The van der Waals surface area contributed by atoms with E-state index in [0.717, 1.165) is 23.9 Å². The van der Waals surface area contributed by atoms with E-state index < -0.39 is 17.1 Å². The molecule has 2 unspecified atom stereocenters. The number of carbonyl (C=O) groups excluding carboxylic acids is 1. The summed E-state index contributed by atoms with van der Waals surface area (Å²) in [6.07, 6.45) is -2.64. The van der Waals surface area contributed by atoms with Crippen LogP contribution in [-0.4, -0.2) is 32.1 Å². The van der Waals surface area contributed by atoms with Crippen LogP contribution in [0, 0.1) is 21.4 Å². The number of non-ortho nitro benzene ring substituents is 1. The normalized spacial score (nSPS) is 13.3. The van der Waals surface area contributed by atoms with Crippen LogP contribution in [0.3, 0.4) is 0 Å².